The first-order valence-electron chi connectivity index (χ1n) is 20.7. The smallest absolute Gasteiger partial charge is 0.145 e. The lowest BCUT2D eigenvalue weighted by atomic mass is 9.97. The van der Waals surface area contributed by atoms with Crippen LogP contribution in [0.5, 0.6) is 0 Å². The van der Waals surface area contributed by atoms with E-state index in [1.165, 1.54) is 53.2 Å². The summed E-state index contributed by atoms with van der Waals surface area (Å²) < 4.78 is 9.55. The minimum atomic E-state index is 0.862. The predicted molar refractivity (Wildman–Crippen MR) is 261 cm³/mol. The van der Waals surface area contributed by atoms with Gasteiger partial charge >= 0.3 is 0 Å². The minimum absolute atomic E-state index is 0.862. The molecule has 0 aliphatic rings. The number of nitrogens with zero attached hydrogens (tertiary/aromatic N) is 1. The highest BCUT2D eigenvalue weighted by molar-refractivity contribution is 7.26. The molecule has 0 saturated carbocycles. The second-order valence-electron chi connectivity index (χ2n) is 15.6. The van der Waals surface area contributed by atoms with Crippen LogP contribution in [-0.4, -0.2) is 0 Å². The van der Waals surface area contributed by atoms with Gasteiger partial charge < -0.3 is 9.32 Å². The zero-order valence-corrected chi connectivity index (χ0v) is 33.9. The van der Waals surface area contributed by atoms with Gasteiger partial charge in [-0.2, -0.15) is 0 Å². The third-order valence-electron chi connectivity index (χ3n) is 12.1. The number of rotatable bonds is 7. The quantitative estimate of drug-likeness (QED) is 0.160. The summed E-state index contributed by atoms with van der Waals surface area (Å²) in [5.41, 5.74) is 14.3. The van der Waals surface area contributed by atoms with Gasteiger partial charge in [-0.05, 0) is 98.2 Å². The fourth-order valence-corrected chi connectivity index (χ4v) is 10.4. The Hall–Kier alpha value is -7.72. The zero-order chi connectivity index (χ0) is 40.3. The maximum Gasteiger partial charge on any atom is 0.145 e. The van der Waals surface area contributed by atoms with Crippen molar-refractivity contribution in [3.05, 3.63) is 224 Å². The highest BCUT2D eigenvalue weighted by Gasteiger charge is 2.25. The highest BCUT2D eigenvalue weighted by Crippen LogP contribution is 2.50. The monoisotopic (exact) mass is 795 g/mol. The molecule has 2 heterocycles. The van der Waals surface area contributed by atoms with Crippen molar-refractivity contribution in [3.8, 4) is 44.5 Å². The third kappa shape index (κ3) is 6.01. The number of benzene rings is 10. The van der Waals surface area contributed by atoms with Gasteiger partial charge in [0.05, 0.1) is 21.5 Å². The molecule has 0 aliphatic heterocycles. The Morgan fingerprint density at radius 1 is 0.361 bits per heavy atom. The van der Waals surface area contributed by atoms with Crippen molar-refractivity contribution in [2.45, 2.75) is 0 Å². The van der Waals surface area contributed by atoms with Gasteiger partial charge in [0.25, 0.3) is 0 Å². The van der Waals surface area contributed by atoms with Crippen LogP contribution in [0.2, 0.25) is 0 Å². The van der Waals surface area contributed by atoms with E-state index in [0.717, 1.165) is 61.3 Å². The Balaban J connectivity index is 1.11. The second kappa shape index (κ2) is 14.5. The van der Waals surface area contributed by atoms with Gasteiger partial charge in [-0.15, -0.1) is 11.3 Å². The zero-order valence-electron chi connectivity index (χ0n) is 33.1. The molecule has 0 amide bonds. The molecule has 0 saturated heterocycles. The van der Waals surface area contributed by atoms with Crippen LogP contribution in [0.25, 0.3) is 97.4 Å². The van der Waals surface area contributed by atoms with Crippen LogP contribution in [-0.2, 0) is 0 Å². The summed E-state index contributed by atoms with van der Waals surface area (Å²) in [6.07, 6.45) is 0. The fraction of sp³-hybridized carbons (Fsp3) is 0. The molecule has 3 heteroatoms. The summed E-state index contributed by atoms with van der Waals surface area (Å²) in [5.74, 6) is 0. The maximum atomic E-state index is 7.05. The number of hydrogen-bond acceptors (Lipinski definition) is 3. The van der Waals surface area contributed by atoms with Crippen LogP contribution in [0.4, 0.5) is 17.1 Å². The van der Waals surface area contributed by atoms with E-state index in [-0.39, 0.29) is 0 Å². The Morgan fingerprint density at radius 3 is 1.70 bits per heavy atom. The standard InChI is InChI=1S/C58H37NOS/c1-4-14-38(15-5-1)43-29-33-51-54(36-43)60-57-48(41-18-8-3-9-19-41)34-35-52(56(51)57)59(45-30-26-42(27-31-45)47-23-12-21-40-20-10-11-22-46(40)47)53-25-13-24-50-49-32-28-44(37-55(49)61-58(50)53)39-16-6-2-7-17-39/h1-37H. The van der Waals surface area contributed by atoms with Crippen molar-refractivity contribution in [3.63, 3.8) is 0 Å². The number of hydrogen-bond donors (Lipinski definition) is 0. The first kappa shape index (κ1) is 35.2. The molecule has 10 aromatic carbocycles. The summed E-state index contributed by atoms with van der Waals surface area (Å²) in [7, 11) is 0. The summed E-state index contributed by atoms with van der Waals surface area (Å²) in [5, 5.41) is 7.16. The Kier molecular flexibility index (Phi) is 8.39. The summed E-state index contributed by atoms with van der Waals surface area (Å²) in [6, 6.07) is 81.0. The molecular weight excluding hydrogens is 759 g/mol. The lowest BCUT2D eigenvalue weighted by Crippen LogP contribution is -2.10. The topological polar surface area (TPSA) is 16.4 Å². The molecule has 0 spiro atoms. The molecule has 2 aromatic heterocycles. The molecule has 0 radical (unpaired) electrons. The lowest BCUT2D eigenvalue weighted by molar-refractivity contribution is 0.670. The average Bonchev–Trinajstić information content (AvgIpc) is 3.91. The second-order valence-corrected chi connectivity index (χ2v) is 16.7. The van der Waals surface area contributed by atoms with Gasteiger partial charge in [-0.1, -0.05) is 176 Å². The van der Waals surface area contributed by atoms with Crippen LogP contribution >= 0.6 is 11.3 Å². The van der Waals surface area contributed by atoms with Crippen LogP contribution in [0, 0.1) is 0 Å². The summed E-state index contributed by atoms with van der Waals surface area (Å²) >= 11 is 1.86. The van der Waals surface area contributed by atoms with E-state index in [1.807, 2.05) is 11.3 Å². The van der Waals surface area contributed by atoms with Gasteiger partial charge in [-0.25, -0.2) is 0 Å². The van der Waals surface area contributed by atoms with Crippen molar-refractivity contribution in [2.24, 2.45) is 0 Å². The van der Waals surface area contributed by atoms with Crippen LogP contribution in [0.15, 0.2) is 229 Å². The van der Waals surface area contributed by atoms with Gasteiger partial charge in [0.1, 0.15) is 11.2 Å². The van der Waals surface area contributed by atoms with Gasteiger partial charge in [0.2, 0.25) is 0 Å². The normalized spacial score (nSPS) is 11.6. The van der Waals surface area contributed by atoms with E-state index in [1.54, 1.807) is 0 Å². The Labute approximate surface area is 357 Å². The fourth-order valence-electron chi connectivity index (χ4n) is 9.15. The first-order chi connectivity index (χ1) is 30.2. The number of anilines is 3. The van der Waals surface area contributed by atoms with Gasteiger partial charge in [-0.3, -0.25) is 0 Å². The molecule has 12 aromatic rings. The molecule has 2 nitrogen and oxygen atoms in total. The first-order valence-corrected chi connectivity index (χ1v) is 21.6. The molecule has 0 bridgehead atoms. The molecule has 0 fully saturated rings. The van der Waals surface area contributed by atoms with Crippen molar-refractivity contribution in [1.29, 1.82) is 0 Å². The molecule has 0 aliphatic carbocycles. The molecule has 61 heavy (non-hydrogen) atoms. The SMILES string of the molecule is c1ccc(-c2ccc3c(c2)oc2c(-c4ccccc4)ccc(N(c4ccc(-c5cccc6ccccc56)cc4)c4cccc5c4sc4cc(-c6ccccc6)ccc45)c23)cc1. The van der Waals surface area contributed by atoms with E-state index >= 15 is 0 Å². The van der Waals surface area contributed by atoms with Gasteiger partial charge in [0, 0.05) is 32.1 Å². The number of fused-ring (bicyclic) bond motifs is 7. The van der Waals surface area contributed by atoms with E-state index in [2.05, 4.69) is 229 Å². The number of furan rings is 1. The molecule has 12 rings (SSSR count). The van der Waals surface area contributed by atoms with Crippen molar-refractivity contribution >= 4 is 81.3 Å². The van der Waals surface area contributed by atoms with Crippen LogP contribution in [0.1, 0.15) is 0 Å². The molecule has 0 unspecified atom stereocenters. The average molecular weight is 796 g/mol. The minimum Gasteiger partial charge on any atom is -0.455 e. The van der Waals surface area contributed by atoms with Crippen molar-refractivity contribution < 1.29 is 4.42 Å². The highest BCUT2D eigenvalue weighted by atomic mass is 32.1. The van der Waals surface area contributed by atoms with Crippen LogP contribution < -0.4 is 4.90 Å². The summed E-state index contributed by atoms with van der Waals surface area (Å²) in [6.45, 7) is 0. The van der Waals surface area contributed by atoms with Crippen molar-refractivity contribution in [2.75, 3.05) is 4.90 Å². The van der Waals surface area contributed by atoms with Crippen LogP contribution in [0.3, 0.4) is 0 Å². The lowest BCUT2D eigenvalue weighted by Gasteiger charge is -2.27. The molecule has 0 N–H and O–H groups in total. The Morgan fingerprint density at radius 2 is 0.951 bits per heavy atom. The van der Waals surface area contributed by atoms with E-state index < -0.39 is 0 Å². The largest absolute Gasteiger partial charge is 0.455 e. The van der Waals surface area contributed by atoms with Crippen molar-refractivity contribution in [1.82, 2.24) is 0 Å². The summed E-state index contributed by atoms with van der Waals surface area (Å²) in [4.78, 5) is 2.46. The number of thiophene rings is 1. The molecule has 286 valence electrons. The van der Waals surface area contributed by atoms with Gasteiger partial charge in [0.15, 0.2) is 0 Å². The molecular formula is C58H37NOS. The maximum absolute atomic E-state index is 7.05. The third-order valence-corrected chi connectivity index (χ3v) is 13.3. The van der Waals surface area contributed by atoms with E-state index in [0.29, 0.717) is 0 Å². The molecule has 0 atom stereocenters. The Bertz CT molecular complexity index is 3560. The van der Waals surface area contributed by atoms with E-state index in [4.69, 9.17) is 4.42 Å². The van der Waals surface area contributed by atoms with E-state index in [9.17, 15) is 0 Å². The predicted octanol–water partition coefficient (Wildman–Crippen LogP) is 17.2.